The highest BCUT2D eigenvalue weighted by Gasteiger charge is 2.42. The molecule has 1 saturated heterocycles. The van der Waals surface area contributed by atoms with Crippen molar-refractivity contribution in [3.8, 4) is 5.69 Å². The van der Waals surface area contributed by atoms with Gasteiger partial charge in [0.05, 0.1) is 23.5 Å². The van der Waals surface area contributed by atoms with Gasteiger partial charge in [-0.15, -0.1) is 0 Å². The Balaban J connectivity index is 1.64. The van der Waals surface area contributed by atoms with Gasteiger partial charge in [0.15, 0.2) is 5.11 Å². The van der Waals surface area contributed by atoms with E-state index in [2.05, 4.69) is 79.0 Å². The van der Waals surface area contributed by atoms with Gasteiger partial charge in [-0.2, -0.15) is 0 Å². The molecule has 212 valence electrons. The molecule has 0 radical (unpaired) electrons. The number of rotatable bonds is 7. The van der Waals surface area contributed by atoms with Crippen molar-refractivity contribution in [1.82, 2.24) is 14.9 Å². The number of aryl methyl sites for hydroxylation is 5. The van der Waals surface area contributed by atoms with E-state index in [9.17, 15) is 4.79 Å². The Labute approximate surface area is 247 Å². The third-order valence-corrected chi connectivity index (χ3v) is 8.10. The van der Waals surface area contributed by atoms with Crippen molar-refractivity contribution in [2.45, 2.75) is 53.6 Å². The molecule has 0 bridgehead atoms. The van der Waals surface area contributed by atoms with Gasteiger partial charge in [-0.1, -0.05) is 23.8 Å². The molecule has 7 nitrogen and oxygen atoms in total. The van der Waals surface area contributed by atoms with E-state index >= 15 is 0 Å². The maximum Gasteiger partial charge on any atom is 0.250 e. The summed E-state index contributed by atoms with van der Waals surface area (Å²) in [4.78, 5) is 19.1. The molecule has 2 aromatic heterocycles. The summed E-state index contributed by atoms with van der Waals surface area (Å²) in [7, 11) is 1.51. The standard InChI is InChI=1S/C33H37N5O2S/c1-19-14-21(3)31(22(4)15-19)37-23(5)17-26(24(37)6)32-30(28-10-8-9-13-34-28)36-33(41)38(32)25-11-12-27(20(2)16-25)35-29(39)18-40-7/h8-17,30,32H,18H2,1-7H3,(H,35,39)(H,36,41). The van der Waals surface area contributed by atoms with Gasteiger partial charge in [0.2, 0.25) is 5.91 Å². The summed E-state index contributed by atoms with van der Waals surface area (Å²) in [6, 6.07) is 18.5. The van der Waals surface area contributed by atoms with Crippen LogP contribution in [0.3, 0.4) is 0 Å². The lowest BCUT2D eigenvalue weighted by Crippen LogP contribution is -2.29. The molecular weight excluding hydrogens is 530 g/mol. The molecule has 1 amide bonds. The van der Waals surface area contributed by atoms with Crippen LogP contribution in [0.2, 0.25) is 0 Å². The van der Waals surface area contributed by atoms with E-state index in [1.54, 1.807) is 0 Å². The number of carbonyl (C=O) groups excluding carboxylic acids is 1. The van der Waals surface area contributed by atoms with Crippen molar-refractivity contribution in [3.05, 3.63) is 106 Å². The van der Waals surface area contributed by atoms with Gasteiger partial charge < -0.3 is 24.8 Å². The van der Waals surface area contributed by atoms with E-state index in [4.69, 9.17) is 21.9 Å². The number of aromatic nitrogens is 2. The van der Waals surface area contributed by atoms with E-state index in [1.807, 2.05) is 43.5 Å². The molecule has 0 spiro atoms. The van der Waals surface area contributed by atoms with Crippen molar-refractivity contribution in [2.75, 3.05) is 23.9 Å². The average molecular weight is 568 g/mol. The fourth-order valence-corrected chi connectivity index (χ4v) is 6.51. The first kappa shape index (κ1) is 28.5. The molecule has 0 aliphatic carbocycles. The maximum atomic E-state index is 12.2. The first-order valence-electron chi connectivity index (χ1n) is 13.8. The minimum atomic E-state index is -0.191. The SMILES string of the molecule is COCC(=O)Nc1ccc(N2C(=S)NC(c3ccccn3)C2c2cc(C)n(-c3c(C)cc(C)cc3C)c2C)cc1C. The highest BCUT2D eigenvalue weighted by molar-refractivity contribution is 7.80. The molecule has 0 saturated carbocycles. The van der Waals surface area contributed by atoms with Gasteiger partial charge in [0.1, 0.15) is 6.61 Å². The lowest BCUT2D eigenvalue weighted by molar-refractivity contribution is -0.119. The number of amides is 1. The van der Waals surface area contributed by atoms with Crippen molar-refractivity contribution in [3.63, 3.8) is 0 Å². The minimum Gasteiger partial charge on any atom is -0.375 e. The van der Waals surface area contributed by atoms with Gasteiger partial charge in [0.25, 0.3) is 0 Å². The van der Waals surface area contributed by atoms with Crippen LogP contribution >= 0.6 is 12.2 Å². The van der Waals surface area contributed by atoms with Crippen LogP contribution in [0.5, 0.6) is 0 Å². The van der Waals surface area contributed by atoms with E-state index in [1.165, 1.54) is 40.7 Å². The van der Waals surface area contributed by atoms with Crippen LogP contribution in [0.1, 0.15) is 57.0 Å². The molecule has 2 atom stereocenters. The number of pyridine rings is 1. The fourth-order valence-electron chi connectivity index (χ4n) is 6.16. The molecule has 2 N–H and O–H groups in total. The number of carbonyl (C=O) groups is 1. The first-order chi connectivity index (χ1) is 19.6. The molecular formula is C33H37N5O2S. The molecule has 3 heterocycles. The number of nitrogens with one attached hydrogen (secondary N) is 2. The molecule has 1 aliphatic heterocycles. The van der Waals surface area contributed by atoms with E-state index in [-0.39, 0.29) is 24.6 Å². The lowest BCUT2D eigenvalue weighted by atomic mass is 9.96. The third kappa shape index (κ3) is 5.37. The number of thiocarbonyl (C=S) groups is 1. The zero-order valence-electron chi connectivity index (χ0n) is 24.7. The van der Waals surface area contributed by atoms with Gasteiger partial charge >= 0.3 is 0 Å². The number of nitrogens with zero attached hydrogens (tertiary/aromatic N) is 3. The first-order valence-corrected chi connectivity index (χ1v) is 14.2. The molecule has 5 rings (SSSR count). The lowest BCUT2D eigenvalue weighted by Gasteiger charge is -2.29. The highest BCUT2D eigenvalue weighted by Crippen LogP contribution is 2.44. The van der Waals surface area contributed by atoms with E-state index in [0.29, 0.717) is 5.11 Å². The number of methoxy groups -OCH3 is 1. The van der Waals surface area contributed by atoms with Crippen LogP contribution in [0, 0.1) is 41.5 Å². The van der Waals surface area contributed by atoms with Crippen molar-refractivity contribution in [2.24, 2.45) is 0 Å². The smallest absolute Gasteiger partial charge is 0.250 e. The van der Waals surface area contributed by atoms with Gasteiger partial charge in [-0.25, -0.2) is 0 Å². The Morgan fingerprint density at radius 2 is 1.73 bits per heavy atom. The number of anilines is 2. The number of ether oxygens (including phenoxy) is 1. The quantitative estimate of drug-likeness (QED) is 0.249. The Kier molecular flexibility index (Phi) is 7.98. The van der Waals surface area contributed by atoms with Crippen molar-refractivity contribution < 1.29 is 9.53 Å². The monoisotopic (exact) mass is 567 g/mol. The second kappa shape index (κ2) is 11.5. The molecule has 2 unspecified atom stereocenters. The Bertz CT molecular complexity index is 1610. The Morgan fingerprint density at radius 1 is 1.00 bits per heavy atom. The molecule has 41 heavy (non-hydrogen) atoms. The summed E-state index contributed by atoms with van der Waals surface area (Å²) in [5.74, 6) is -0.191. The van der Waals surface area contributed by atoms with Gasteiger partial charge in [-0.05, 0) is 112 Å². The van der Waals surface area contributed by atoms with Crippen molar-refractivity contribution in [1.29, 1.82) is 0 Å². The highest BCUT2D eigenvalue weighted by atomic mass is 32.1. The van der Waals surface area contributed by atoms with Crippen LogP contribution in [-0.2, 0) is 9.53 Å². The summed E-state index contributed by atoms with van der Waals surface area (Å²) >= 11 is 5.98. The van der Waals surface area contributed by atoms with Gasteiger partial charge in [-0.3, -0.25) is 9.78 Å². The predicted octanol–water partition coefficient (Wildman–Crippen LogP) is 6.48. The van der Waals surface area contributed by atoms with E-state index < -0.39 is 0 Å². The van der Waals surface area contributed by atoms with Gasteiger partial charge in [0, 0.05) is 36.1 Å². The fraction of sp³-hybridized carbons (Fsp3) is 0.303. The maximum absolute atomic E-state index is 12.2. The number of benzene rings is 2. The average Bonchev–Trinajstić information content (AvgIpc) is 3.41. The van der Waals surface area contributed by atoms with Crippen molar-refractivity contribution >= 4 is 34.6 Å². The molecule has 4 aromatic rings. The van der Waals surface area contributed by atoms with Crippen LogP contribution in [0.15, 0.2) is 60.8 Å². The summed E-state index contributed by atoms with van der Waals surface area (Å²) in [5.41, 5.74) is 12.0. The van der Waals surface area contributed by atoms with E-state index in [0.717, 1.165) is 28.3 Å². The molecule has 1 fully saturated rings. The molecule has 2 aromatic carbocycles. The molecule has 1 aliphatic rings. The topological polar surface area (TPSA) is 71.4 Å². The van der Waals surface area contributed by atoms with Crippen LogP contribution in [0.25, 0.3) is 5.69 Å². The number of hydrogen-bond donors (Lipinski definition) is 2. The summed E-state index contributed by atoms with van der Waals surface area (Å²) in [6.07, 6.45) is 1.82. The summed E-state index contributed by atoms with van der Waals surface area (Å²) in [6.45, 7) is 12.8. The second-order valence-electron chi connectivity index (χ2n) is 10.9. The van der Waals surface area contributed by atoms with Crippen LogP contribution < -0.4 is 15.5 Å². The second-order valence-corrected chi connectivity index (χ2v) is 11.3. The van der Waals surface area contributed by atoms with Crippen LogP contribution in [0.4, 0.5) is 11.4 Å². The Hall–Kier alpha value is -4.01. The van der Waals surface area contributed by atoms with Crippen LogP contribution in [-0.4, -0.2) is 34.3 Å². The predicted molar refractivity (Wildman–Crippen MR) is 169 cm³/mol. The Morgan fingerprint density at radius 3 is 2.37 bits per heavy atom. The zero-order valence-corrected chi connectivity index (χ0v) is 25.5. The largest absolute Gasteiger partial charge is 0.375 e. The summed E-state index contributed by atoms with van der Waals surface area (Å²) < 4.78 is 7.34. The normalized spacial score (nSPS) is 16.7. The zero-order chi connectivity index (χ0) is 29.4. The minimum absolute atomic E-state index is 0.00466. The number of hydrogen-bond acceptors (Lipinski definition) is 4. The molecule has 8 heteroatoms. The third-order valence-electron chi connectivity index (χ3n) is 7.78. The summed E-state index contributed by atoms with van der Waals surface area (Å²) in [5, 5.41) is 7.13.